The Morgan fingerprint density at radius 3 is 2.50 bits per heavy atom. The summed E-state index contributed by atoms with van der Waals surface area (Å²) in [6.45, 7) is 8.35. The summed E-state index contributed by atoms with van der Waals surface area (Å²) in [5.41, 5.74) is 2.19. The van der Waals surface area contributed by atoms with Crippen molar-refractivity contribution in [2.45, 2.75) is 25.4 Å². The topological polar surface area (TPSA) is 114 Å². The van der Waals surface area contributed by atoms with Gasteiger partial charge < -0.3 is 10.2 Å². The van der Waals surface area contributed by atoms with Gasteiger partial charge in [0.1, 0.15) is 5.39 Å². The molecule has 1 aliphatic carbocycles. The van der Waals surface area contributed by atoms with Gasteiger partial charge in [0.25, 0.3) is 5.56 Å². The first-order valence-corrected chi connectivity index (χ1v) is 15.7. The standard InChI is InChI=1S/C28H33N9O2S/c1-4-14-36-27(38)23-19-29-28(32-26(23)37(36)25-7-5-6-24(31-25)33-40(2,3)39)30-20-8-10-21(11-9-20)34-15-17-35(18-16-34)22-12-13-22/h4-11,19,22H,1,12-18H2,2-3H3,(H,29,30,32). The lowest BCUT2D eigenvalue weighted by Gasteiger charge is -2.36. The zero-order valence-corrected chi connectivity index (χ0v) is 23.5. The zero-order chi connectivity index (χ0) is 27.9. The van der Waals surface area contributed by atoms with Crippen molar-refractivity contribution >= 4 is 43.9 Å². The van der Waals surface area contributed by atoms with Crippen LogP contribution in [-0.4, -0.2) is 78.2 Å². The fourth-order valence-corrected chi connectivity index (χ4v) is 5.64. The van der Waals surface area contributed by atoms with Crippen LogP contribution in [0.2, 0.25) is 0 Å². The van der Waals surface area contributed by atoms with Crippen molar-refractivity contribution in [1.82, 2.24) is 29.2 Å². The Bertz CT molecular complexity index is 1730. The van der Waals surface area contributed by atoms with Crippen molar-refractivity contribution in [3.8, 4) is 5.82 Å². The van der Waals surface area contributed by atoms with E-state index in [-0.39, 0.29) is 12.1 Å². The fraction of sp³-hybridized carbons (Fsp3) is 0.357. The molecule has 4 aromatic rings. The van der Waals surface area contributed by atoms with Gasteiger partial charge in [-0.3, -0.25) is 9.69 Å². The second-order valence-electron chi connectivity index (χ2n) is 10.5. The molecule has 2 aliphatic rings. The molecule has 1 saturated carbocycles. The van der Waals surface area contributed by atoms with Gasteiger partial charge in [0.15, 0.2) is 17.3 Å². The zero-order valence-electron chi connectivity index (χ0n) is 22.7. The van der Waals surface area contributed by atoms with Crippen molar-refractivity contribution in [2.24, 2.45) is 4.36 Å². The molecule has 1 aromatic carbocycles. The van der Waals surface area contributed by atoms with E-state index in [9.17, 15) is 9.00 Å². The van der Waals surface area contributed by atoms with Gasteiger partial charge in [-0.15, -0.1) is 6.58 Å². The fourth-order valence-electron chi connectivity index (χ4n) is 5.08. The van der Waals surface area contributed by atoms with Crippen molar-refractivity contribution in [2.75, 3.05) is 48.9 Å². The molecule has 6 rings (SSSR count). The van der Waals surface area contributed by atoms with Crippen LogP contribution in [0.25, 0.3) is 16.9 Å². The maximum atomic E-state index is 13.2. The normalized spacial score (nSPS) is 16.3. The molecule has 0 spiro atoms. The lowest BCUT2D eigenvalue weighted by Crippen LogP contribution is -2.47. The average molecular weight is 560 g/mol. The Balaban J connectivity index is 1.29. The number of anilines is 3. The van der Waals surface area contributed by atoms with Gasteiger partial charge in [-0.2, -0.15) is 9.35 Å². The molecular weight excluding hydrogens is 526 g/mol. The number of hydrogen-bond donors (Lipinski definition) is 1. The van der Waals surface area contributed by atoms with Gasteiger partial charge in [0, 0.05) is 72.0 Å². The molecule has 1 N–H and O–H groups in total. The minimum atomic E-state index is -2.41. The van der Waals surface area contributed by atoms with Crippen LogP contribution in [0, 0.1) is 0 Å². The average Bonchev–Trinajstić information content (AvgIpc) is 3.75. The van der Waals surface area contributed by atoms with E-state index in [1.807, 2.05) is 12.1 Å². The largest absolute Gasteiger partial charge is 0.369 e. The molecule has 1 aliphatic heterocycles. The van der Waals surface area contributed by atoms with E-state index >= 15 is 0 Å². The van der Waals surface area contributed by atoms with Gasteiger partial charge >= 0.3 is 0 Å². The predicted octanol–water partition coefficient (Wildman–Crippen LogP) is 3.55. The molecule has 1 saturated heterocycles. The first-order chi connectivity index (χ1) is 19.3. The Morgan fingerprint density at radius 1 is 1.07 bits per heavy atom. The van der Waals surface area contributed by atoms with E-state index in [0.717, 1.165) is 37.9 Å². The highest BCUT2D eigenvalue weighted by Crippen LogP contribution is 2.29. The van der Waals surface area contributed by atoms with E-state index < -0.39 is 9.73 Å². The molecule has 0 unspecified atom stereocenters. The highest BCUT2D eigenvalue weighted by molar-refractivity contribution is 7.92. The number of allylic oxidation sites excluding steroid dienone is 1. The smallest absolute Gasteiger partial charge is 0.278 e. The molecule has 4 heterocycles. The molecule has 0 amide bonds. The van der Waals surface area contributed by atoms with Crippen LogP contribution in [0.1, 0.15) is 12.8 Å². The second-order valence-corrected chi connectivity index (χ2v) is 13.0. The summed E-state index contributed by atoms with van der Waals surface area (Å²) in [6.07, 6.45) is 8.96. The molecular formula is C28H33N9O2S. The maximum Gasteiger partial charge on any atom is 0.278 e. The van der Waals surface area contributed by atoms with E-state index in [1.54, 1.807) is 41.5 Å². The third kappa shape index (κ3) is 5.50. The summed E-state index contributed by atoms with van der Waals surface area (Å²) < 4.78 is 19.6. The van der Waals surface area contributed by atoms with Crippen molar-refractivity contribution in [3.63, 3.8) is 0 Å². The summed E-state index contributed by atoms with van der Waals surface area (Å²) in [6, 6.07) is 14.3. The predicted molar refractivity (Wildman–Crippen MR) is 160 cm³/mol. The molecule has 0 atom stereocenters. The molecule has 40 heavy (non-hydrogen) atoms. The van der Waals surface area contributed by atoms with Crippen molar-refractivity contribution < 1.29 is 4.21 Å². The van der Waals surface area contributed by atoms with E-state index in [2.05, 4.69) is 48.2 Å². The maximum absolute atomic E-state index is 13.2. The Hall–Kier alpha value is -4.03. The Labute approximate surface area is 233 Å². The summed E-state index contributed by atoms with van der Waals surface area (Å²) in [4.78, 5) is 31.9. The van der Waals surface area contributed by atoms with Gasteiger partial charge in [-0.25, -0.2) is 23.5 Å². The summed E-state index contributed by atoms with van der Waals surface area (Å²) in [7, 11) is -2.41. The first-order valence-electron chi connectivity index (χ1n) is 13.4. The number of benzene rings is 1. The minimum absolute atomic E-state index is 0.246. The minimum Gasteiger partial charge on any atom is -0.369 e. The van der Waals surface area contributed by atoms with Crippen molar-refractivity contribution in [3.05, 3.63) is 71.7 Å². The lowest BCUT2D eigenvalue weighted by molar-refractivity contribution is 0.248. The molecule has 208 valence electrons. The van der Waals surface area contributed by atoms with Gasteiger partial charge in [0.2, 0.25) is 5.95 Å². The highest BCUT2D eigenvalue weighted by atomic mass is 32.2. The molecule has 2 fully saturated rings. The van der Waals surface area contributed by atoms with Crippen molar-refractivity contribution in [1.29, 1.82) is 0 Å². The first kappa shape index (κ1) is 26.2. The van der Waals surface area contributed by atoms with Crippen LogP contribution in [0.15, 0.2) is 70.5 Å². The summed E-state index contributed by atoms with van der Waals surface area (Å²) in [5, 5.41) is 3.62. The Morgan fingerprint density at radius 2 is 1.82 bits per heavy atom. The SMILES string of the molecule is C=CCn1c(=O)c2cnc(Nc3ccc(N4CCN(C5CC5)CC4)cc3)nc2n1-c1cccc(N=S(C)(C)=O)n1. The number of nitrogens with one attached hydrogen (secondary N) is 1. The molecule has 3 aromatic heterocycles. The van der Waals surface area contributed by atoms with Gasteiger partial charge in [-0.05, 0) is 49.2 Å². The quantitative estimate of drug-likeness (QED) is 0.326. The van der Waals surface area contributed by atoms with E-state index in [1.165, 1.54) is 29.4 Å². The number of hydrogen-bond acceptors (Lipinski definition) is 9. The molecule has 11 nitrogen and oxygen atoms in total. The number of aromatic nitrogens is 5. The third-order valence-electron chi connectivity index (χ3n) is 7.09. The number of fused-ring (bicyclic) bond motifs is 1. The van der Waals surface area contributed by atoms with Gasteiger partial charge in [0.05, 0.1) is 6.54 Å². The molecule has 0 bridgehead atoms. The summed E-state index contributed by atoms with van der Waals surface area (Å²) in [5.74, 6) is 1.09. The number of rotatable bonds is 8. The van der Waals surface area contributed by atoms with Gasteiger partial charge in [-0.1, -0.05) is 12.1 Å². The number of pyridine rings is 1. The van der Waals surface area contributed by atoms with Crippen LogP contribution in [-0.2, 0) is 16.3 Å². The number of piperazine rings is 1. The van der Waals surface area contributed by atoms with Crippen LogP contribution in [0.5, 0.6) is 0 Å². The Kier molecular flexibility index (Phi) is 6.88. The van der Waals surface area contributed by atoms with Crippen LogP contribution in [0.3, 0.4) is 0 Å². The summed E-state index contributed by atoms with van der Waals surface area (Å²) >= 11 is 0. The third-order valence-corrected chi connectivity index (χ3v) is 7.72. The highest BCUT2D eigenvalue weighted by Gasteiger charge is 2.31. The van der Waals surface area contributed by atoms with Crippen LogP contribution in [0.4, 0.5) is 23.1 Å². The molecule has 0 radical (unpaired) electrons. The molecule has 12 heteroatoms. The van der Waals surface area contributed by atoms with Crippen LogP contribution < -0.4 is 15.8 Å². The lowest BCUT2D eigenvalue weighted by atomic mass is 10.2. The number of nitrogens with zero attached hydrogens (tertiary/aromatic N) is 8. The second kappa shape index (κ2) is 10.5. The van der Waals surface area contributed by atoms with Crippen LogP contribution >= 0.6 is 0 Å². The van der Waals surface area contributed by atoms with E-state index in [4.69, 9.17) is 4.98 Å². The van der Waals surface area contributed by atoms with E-state index in [0.29, 0.717) is 28.6 Å². The monoisotopic (exact) mass is 559 g/mol.